The Morgan fingerprint density at radius 1 is 0.922 bits per heavy atom. The summed E-state index contributed by atoms with van der Waals surface area (Å²) in [5, 5.41) is 12.3. The second-order valence-electron chi connectivity index (χ2n) is 16.1. The molecule has 1 aliphatic carbocycles. The number of benzene rings is 1. The number of carboxylic acids is 1. The number of aliphatic carboxylic acids is 1. The minimum atomic E-state index is -0.909. The van der Waals surface area contributed by atoms with Crippen molar-refractivity contribution in [2.24, 2.45) is 23.7 Å². The lowest BCUT2D eigenvalue weighted by atomic mass is 9.72. The quantitative estimate of drug-likeness (QED) is 0.199. The fraction of sp³-hybridized carbons (Fsp3) is 0.585. The maximum atomic E-state index is 13.5. The number of nitrogens with one attached hydrogen (secondary N) is 1. The number of aromatic nitrogens is 2. The highest BCUT2D eigenvalue weighted by Gasteiger charge is 2.39. The predicted molar refractivity (Wildman–Crippen MR) is 203 cm³/mol. The van der Waals surface area contributed by atoms with Crippen molar-refractivity contribution in [1.82, 2.24) is 20.2 Å². The third-order valence-electron chi connectivity index (χ3n) is 11.4. The molecule has 0 unspecified atom stereocenters. The molecule has 2 N–H and O–H groups in total. The zero-order valence-corrected chi connectivity index (χ0v) is 31.6. The van der Waals surface area contributed by atoms with Crippen LogP contribution in [0.1, 0.15) is 106 Å². The molecule has 1 atom stereocenters. The van der Waals surface area contributed by atoms with Crippen molar-refractivity contribution in [3.8, 4) is 11.4 Å². The maximum Gasteiger partial charge on any atom is 0.310 e. The number of amides is 2. The van der Waals surface area contributed by atoms with Crippen LogP contribution in [0.15, 0.2) is 48.8 Å². The summed E-state index contributed by atoms with van der Waals surface area (Å²) in [5.74, 6) is 1.31. The summed E-state index contributed by atoms with van der Waals surface area (Å²) in [6.07, 6.45) is 16.5. The Balaban J connectivity index is 1.05. The highest BCUT2D eigenvalue weighted by Crippen LogP contribution is 2.40. The molecule has 274 valence electrons. The molecule has 1 aromatic carbocycles. The smallest absolute Gasteiger partial charge is 0.310 e. The Bertz CT molecular complexity index is 1630. The van der Waals surface area contributed by atoms with Gasteiger partial charge in [0.1, 0.15) is 6.04 Å². The standard InChI is InChI=1S/C41H55N5O4S/c1-5-6-7-27-8-12-29(13-9-27)30-18-20-45(21-19-30)33-23-42-37(43-24-33)31-14-10-28(11-15-31)22-34(39(48)46-25-32(26-46)40(49)50)44-38(47)35-16-17-36(51-35)41(2,3)4/h10-11,14-17,23-24,27,29-30,32,34H,5-9,12-13,18-22,25-26H2,1-4H3,(H,44,47)(H,49,50)/t27?,29?,34-/m0/s1. The number of carboxylic acid groups (broad SMARTS) is 1. The molecule has 9 nitrogen and oxygen atoms in total. The number of carbonyl (C=O) groups excluding carboxylic acids is 2. The number of rotatable bonds is 12. The van der Waals surface area contributed by atoms with E-state index in [1.54, 1.807) is 6.07 Å². The third kappa shape index (κ3) is 9.18. The van der Waals surface area contributed by atoms with E-state index < -0.39 is 17.9 Å². The Morgan fingerprint density at radius 3 is 2.16 bits per heavy atom. The van der Waals surface area contributed by atoms with Crippen molar-refractivity contribution in [3.63, 3.8) is 0 Å². The number of unbranched alkanes of at least 4 members (excludes halogenated alkanes) is 1. The summed E-state index contributed by atoms with van der Waals surface area (Å²) >= 11 is 1.43. The highest BCUT2D eigenvalue weighted by molar-refractivity contribution is 7.14. The number of hydrogen-bond acceptors (Lipinski definition) is 7. The first-order valence-electron chi connectivity index (χ1n) is 19.1. The highest BCUT2D eigenvalue weighted by atomic mass is 32.1. The van der Waals surface area contributed by atoms with Gasteiger partial charge in [0.05, 0.1) is 28.9 Å². The van der Waals surface area contributed by atoms with E-state index in [1.165, 1.54) is 74.0 Å². The first-order valence-corrected chi connectivity index (χ1v) is 19.9. The lowest BCUT2D eigenvalue weighted by Gasteiger charge is -2.39. The summed E-state index contributed by atoms with van der Waals surface area (Å²) in [6.45, 7) is 11.0. The number of nitrogens with zero attached hydrogens (tertiary/aromatic N) is 4. The van der Waals surface area contributed by atoms with Crippen LogP contribution in [0.4, 0.5) is 5.69 Å². The van der Waals surface area contributed by atoms with Crippen molar-refractivity contribution in [3.05, 3.63) is 64.1 Å². The van der Waals surface area contributed by atoms with Gasteiger partial charge in [-0.2, -0.15) is 0 Å². The van der Waals surface area contributed by atoms with E-state index in [0.29, 0.717) is 10.7 Å². The van der Waals surface area contributed by atoms with E-state index in [9.17, 15) is 19.5 Å². The van der Waals surface area contributed by atoms with Gasteiger partial charge in [-0.15, -0.1) is 11.3 Å². The molecule has 6 rings (SSSR count). The predicted octanol–water partition coefficient (Wildman–Crippen LogP) is 7.60. The molecular formula is C41H55N5O4S. The van der Waals surface area contributed by atoms with Gasteiger partial charge in [-0.3, -0.25) is 14.4 Å². The second kappa shape index (κ2) is 16.3. The molecular weight excluding hydrogens is 659 g/mol. The topological polar surface area (TPSA) is 116 Å². The molecule has 4 heterocycles. The Labute approximate surface area is 307 Å². The molecule has 3 fully saturated rings. The van der Waals surface area contributed by atoms with E-state index in [0.717, 1.165) is 52.5 Å². The number of thiophene rings is 1. The lowest BCUT2D eigenvalue weighted by Crippen LogP contribution is -2.59. The minimum Gasteiger partial charge on any atom is -0.481 e. The Morgan fingerprint density at radius 2 is 1.57 bits per heavy atom. The van der Waals surface area contributed by atoms with Gasteiger partial charge in [-0.1, -0.05) is 84.1 Å². The summed E-state index contributed by atoms with van der Waals surface area (Å²) in [6, 6.07) is 10.7. The van der Waals surface area contributed by atoms with Crippen LogP contribution >= 0.6 is 11.3 Å². The number of hydrogen-bond donors (Lipinski definition) is 2. The number of anilines is 1. The van der Waals surface area contributed by atoms with E-state index in [2.05, 4.69) is 37.9 Å². The molecule has 10 heteroatoms. The molecule has 2 saturated heterocycles. The number of piperidine rings is 1. The van der Waals surface area contributed by atoms with Crippen molar-refractivity contribution in [2.75, 3.05) is 31.1 Å². The molecule has 2 amide bonds. The van der Waals surface area contributed by atoms with Crippen molar-refractivity contribution in [1.29, 1.82) is 0 Å². The average Bonchev–Trinajstić information content (AvgIpc) is 3.62. The van der Waals surface area contributed by atoms with Crippen LogP contribution in [0, 0.1) is 23.7 Å². The SMILES string of the molecule is CCCCC1CCC(C2CCN(c3cnc(-c4ccc(C[C@H](NC(=O)c5ccc(C(C)(C)C)s5)C(=O)N5CC(C(=O)O)C5)cc4)nc3)CC2)CC1. The summed E-state index contributed by atoms with van der Waals surface area (Å²) in [5.41, 5.74) is 2.75. The normalized spacial score (nSPS) is 20.9. The van der Waals surface area contributed by atoms with Crippen molar-refractivity contribution in [2.45, 2.75) is 103 Å². The lowest BCUT2D eigenvalue weighted by molar-refractivity contribution is -0.153. The van der Waals surface area contributed by atoms with Crippen molar-refractivity contribution >= 4 is 34.8 Å². The fourth-order valence-electron chi connectivity index (χ4n) is 8.06. The maximum absolute atomic E-state index is 13.5. The molecule has 0 bridgehead atoms. The van der Waals surface area contributed by atoms with Gasteiger partial charge < -0.3 is 20.2 Å². The first kappa shape index (κ1) is 37.0. The van der Waals surface area contributed by atoms with Crippen LogP contribution in [0.5, 0.6) is 0 Å². The molecule has 0 radical (unpaired) electrons. The summed E-state index contributed by atoms with van der Waals surface area (Å²) in [7, 11) is 0. The van der Waals surface area contributed by atoms with E-state index in [1.807, 2.05) is 42.7 Å². The second-order valence-corrected chi connectivity index (χ2v) is 17.2. The minimum absolute atomic E-state index is 0.0861. The van der Waals surface area contributed by atoms with Gasteiger partial charge >= 0.3 is 5.97 Å². The third-order valence-corrected chi connectivity index (χ3v) is 12.9. The van der Waals surface area contributed by atoms with Crippen LogP contribution in [-0.4, -0.2) is 70.0 Å². The number of likely N-dealkylation sites (tertiary alicyclic amines) is 1. The van der Waals surface area contributed by atoms with E-state index in [-0.39, 0.29) is 36.7 Å². The zero-order valence-electron chi connectivity index (χ0n) is 30.8. The van der Waals surface area contributed by atoms with Crippen LogP contribution in [0.3, 0.4) is 0 Å². The van der Waals surface area contributed by atoms with E-state index >= 15 is 0 Å². The Hall–Kier alpha value is -3.79. The number of carbonyl (C=O) groups is 3. The van der Waals surface area contributed by atoms with Gasteiger partial charge in [-0.25, -0.2) is 9.97 Å². The van der Waals surface area contributed by atoms with Crippen LogP contribution in [-0.2, 0) is 21.4 Å². The average molecular weight is 714 g/mol. The fourth-order valence-corrected chi connectivity index (χ4v) is 9.02. The van der Waals surface area contributed by atoms with E-state index in [4.69, 9.17) is 9.97 Å². The summed E-state index contributed by atoms with van der Waals surface area (Å²) < 4.78 is 0. The van der Waals surface area contributed by atoms with Gasteiger partial charge in [0.15, 0.2) is 5.82 Å². The molecule has 3 aliphatic rings. The van der Waals surface area contributed by atoms with Crippen LogP contribution in [0.2, 0.25) is 0 Å². The molecule has 2 aliphatic heterocycles. The molecule has 3 aromatic rings. The Kier molecular flexibility index (Phi) is 11.8. The monoisotopic (exact) mass is 713 g/mol. The zero-order chi connectivity index (χ0) is 36.1. The molecule has 2 aromatic heterocycles. The molecule has 1 saturated carbocycles. The molecule has 0 spiro atoms. The molecule has 51 heavy (non-hydrogen) atoms. The first-order chi connectivity index (χ1) is 24.5. The van der Waals surface area contributed by atoms with Crippen molar-refractivity contribution < 1.29 is 19.5 Å². The van der Waals surface area contributed by atoms with Crippen LogP contribution < -0.4 is 10.2 Å². The van der Waals surface area contributed by atoms with Gasteiger partial charge in [-0.05, 0) is 66.5 Å². The van der Waals surface area contributed by atoms with Gasteiger partial charge in [0.2, 0.25) is 5.91 Å². The van der Waals surface area contributed by atoms with Crippen LogP contribution in [0.25, 0.3) is 11.4 Å². The van der Waals surface area contributed by atoms with Gasteiger partial charge in [0, 0.05) is 43.0 Å². The van der Waals surface area contributed by atoms with Gasteiger partial charge in [0.25, 0.3) is 5.91 Å². The summed E-state index contributed by atoms with van der Waals surface area (Å²) in [4.78, 5) is 53.2. The largest absolute Gasteiger partial charge is 0.481 e.